The Balaban J connectivity index is 1.51. The van der Waals surface area contributed by atoms with Gasteiger partial charge in [-0.25, -0.2) is 4.79 Å². The van der Waals surface area contributed by atoms with Crippen molar-refractivity contribution in [3.05, 3.63) is 0 Å². The van der Waals surface area contributed by atoms with E-state index in [1.165, 1.54) is 17.7 Å². The maximum absolute atomic E-state index is 12.3. The molecule has 0 aromatic carbocycles. The Kier molecular flexibility index (Phi) is 3.01. The third-order valence-electron chi connectivity index (χ3n) is 4.27. The van der Waals surface area contributed by atoms with E-state index in [0.717, 1.165) is 38.6 Å². The van der Waals surface area contributed by atoms with Crippen molar-refractivity contribution >= 4 is 11.9 Å². The Morgan fingerprint density at radius 2 is 2.00 bits per heavy atom. The highest BCUT2D eigenvalue weighted by Gasteiger charge is 2.51. The van der Waals surface area contributed by atoms with Gasteiger partial charge in [0.2, 0.25) is 0 Å². The number of urea groups is 1. The number of hydrogen-bond acceptors (Lipinski definition) is 3. The molecule has 1 aliphatic heterocycles. The fourth-order valence-electron chi connectivity index (χ4n) is 3.03. The molecule has 3 fully saturated rings. The Hall–Kier alpha value is -1.10. The quantitative estimate of drug-likeness (QED) is 0.566. The summed E-state index contributed by atoms with van der Waals surface area (Å²) < 4.78 is 0. The Morgan fingerprint density at radius 3 is 2.67 bits per heavy atom. The fraction of sp³-hybridized carbons (Fsp3) is 0.846. The molecular formula is C13H21N3O2. The largest absolute Gasteiger partial charge is 0.325 e. The lowest BCUT2D eigenvalue weighted by molar-refractivity contribution is -0.131. The van der Waals surface area contributed by atoms with E-state index in [1.54, 1.807) is 0 Å². The molecule has 0 radical (unpaired) electrons. The van der Waals surface area contributed by atoms with Gasteiger partial charge in [0.1, 0.15) is 5.54 Å². The molecule has 0 atom stereocenters. The second kappa shape index (κ2) is 4.53. The minimum atomic E-state index is -0.541. The van der Waals surface area contributed by atoms with Gasteiger partial charge in [-0.15, -0.1) is 0 Å². The molecule has 3 aliphatic rings. The first kappa shape index (κ1) is 12.0. The van der Waals surface area contributed by atoms with Gasteiger partial charge in [0, 0.05) is 12.6 Å². The van der Waals surface area contributed by atoms with Crippen LogP contribution in [0.25, 0.3) is 0 Å². The predicted octanol–water partition coefficient (Wildman–Crippen LogP) is 0.993. The minimum Gasteiger partial charge on any atom is -0.323 e. The molecule has 0 aromatic heterocycles. The lowest BCUT2D eigenvalue weighted by Gasteiger charge is -2.20. The number of nitrogens with zero attached hydrogens (tertiary/aromatic N) is 1. The lowest BCUT2D eigenvalue weighted by Crippen LogP contribution is -2.44. The average Bonchev–Trinajstić information content (AvgIpc) is 3.01. The highest BCUT2D eigenvalue weighted by atomic mass is 16.2. The van der Waals surface area contributed by atoms with Gasteiger partial charge in [-0.1, -0.05) is 12.8 Å². The van der Waals surface area contributed by atoms with Crippen molar-refractivity contribution in [2.24, 2.45) is 0 Å². The highest BCUT2D eigenvalue weighted by Crippen LogP contribution is 2.34. The van der Waals surface area contributed by atoms with E-state index in [-0.39, 0.29) is 11.9 Å². The van der Waals surface area contributed by atoms with Gasteiger partial charge in [-0.3, -0.25) is 9.69 Å². The number of hydrogen-bond donors (Lipinski definition) is 2. The summed E-state index contributed by atoms with van der Waals surface area (Å²) in [5, 5.41) is 6.31. The second-order valence-electron chi connectivity index (χ2n) is 5.76. The first-order chi connectivity index (χ1) is 8.71. The molecule has 0 aromatic rings. The summed E-state index contributed by atoms with van der Waals surface area (Å²) in [7, 11) is 0. The third-order valence-corrected chi connectivity index (χ3v) is 4.27. The Labute approximate surface area is 107 Å². The fourth-order valence-corrected chi connectivity index (χ4v) is 3.03. The minimum absolute atomic E-state index is 0.0106. The molecule has 0 bridgehead atoms. The van der Waals surface area contributed by atoms with Gasteiger partial charge in [0.25, 0.3) is 5.91 Å². The zero-order valence-electron chi connectivity index (χ0n) is 10.7. The molecule has 100 valence electrons. The molecule has 1 spiro atoms. The molecule has 3 amide bonds. The van der Waals surface area contributed by atoms with Crippen molar-refractivity contribution in [2.75, 3.05) is 13.1 Å². The van der Waals surface area contributed by atoms with Crippen molar-refractivity contribution in [3.8, 4) is 0 Å². The summed E-state index contributed by atoms with van der Waals surface area (Å²) in [6.07, 6.45) is 7.11. The van der Waals surface area contributed by atoms with Crippen LogP contribution in [0.4, 0.5) is 4.79 Å². The summed E-state index contributed by atoms with van der Waals surface area (Å²) >= 11 is 0. The summed E-state index contributed by atoms with van der Waals surface area (Å²) in [5.74, 6) is 0.0106. The Morgan fingerprint density at radius 1 is 1.28 bits per heavy atom. The summed E-state index contributed by atoms with van der Waals surface area (Å²) in [5.41, 5.74) is -0.541. The van der Waals surface area contributed by atoms with Crippen molar-refractivity contribution in [1.82, 2.24) is 15.5 Å². The van der Waals surface area contributed by atoms with Crippen molar-refractivity contribution in [1.29, 1.82) is 0 Å². The number of carbonyl (C=O) groups is 2. The number of amides is 3. The van der Waals surface area contributed by atoms with E-state index in [4.69, 9.17) is 0 Å². The van der Waals surface area contributed by atoms with E-state index in [2.05, 4.69) is 10.6 Å². The first-order valence-corrected chi connectivity index (χ1v) is 7.09. The molecule has 3 rings (SSSR count). The topological polar surface area (TPSA) is 61.4 Å². The van der Waals surface area contributed by atoms with Gasteiger partial charge >= 0.3 is 6.03 Å². The van der Waals surface area contributed by atoms with E-state index in [1.807, 2.05) is 0 Å². The van der Waals surface area contributed by atoms with Crippen LogP contribution in [0.5, 0.6) is 0 Å². The van der Waals surface area contributed by atoms with E-state index >= 15 is 0 Å². The summed E-state index contributed by atoms with van der Waals surface area (Å²) in [6.45, 7) is 1.45. The SMILES string of the molecule is O=C1NC2(CCCC2)C(=O)N1CCCNC1CC1. The van der Waals surface area contributed by atoms with Crippen LogP contribution >= 0.6 is 0 Å². The van der Waals surface area contributed by atoms with Crippen molar-refractivity contribution in [3.63, 3.8) is 0 Å². The smallest absolute Gasteiger partial charge is 0.323 e. The molecule has 1 saturated heterocycles. The first-order valence-electron chi connectivity index (χ1n) is 7.09. The normalized spacial score (nSPS) is 26.1. The summed E-state index contributed by atoms with van der Waals surface area (Å²) in [6, 6.07) is 0.502. The molecule has 0 unspecified atom stereocenters. The van der Waals surface area contributed by atoms with Crippen LogP contribution in [0.2, 0.25) is 0 Å². The standard InChI is InChI=1S/C13H21N3O2/c17-11-13(6-1-2-7-13)15-12(18)16(11)9-3-8-14-10-4-5-10/h10,14H,1-9H2,(H,15,18). The van der Waals surface area contributed by atoms with Gasteiger partial charge in [-0.2, -0.15) is 0 Å². The zero-order valence-corrected chi connectivity index (χ0v) is 10.7. The molecule has 5 nitrogen and oxygen atoms in total. The Bertz CT molecular complexity index is 359. The van der Waals surface area contributed by atoms with Crippen molar-refractivity contribution < 1.29 is 9.59 Å². The van der Waals surface area contributed by atoms with Crippen LogP contribution in [0.3, 0.4) is 0 Å². The maximum atomic E-state index is 12.3. The van der Waals surface area contributed by atoms with Crippen LogP contribution in [-0.2, 0) is 4.79 Å². The van der Waals surface area contributed by atoms with Crippen LogP contribution in [0.1, 0.15) is 44.9 Å². The van der Waals surface area contributed by atoms with E-state index in [9.17, 15) is 9.59 Å². The van der Waals surface area contributed by atoms with Crippen LogP contribution in [0, 0.1) is 0 Å². The van der Waals surface area contributed by atoms with Gasteiger partial charge in [-0.05, 0) is 38.6 Å². The van der Waals surface area contributed by atoms with Gasteiger partial charge in [0.05, 0.1) is 0 Å². The number of rotatable bonds is 5. The third kappa shape index (κ3) is 2.11. The molecule has 2 aliphatic carbocycles. The molecule has 18 heavy (non-hydrogen) atoms. The molecule has 1 heterocycles. The molecular weight excluding hydrogens is 230 g/mol. The number of imide groups is 1. The zero-order chi connectivity index (χ0) is 12.6. The molecule has 2 N–H and O–H groups in total. The number of carbonyl (C=O) groups excluding carboxylic acids is 2. The molecule has 2 saturated carbocycles. The average molecular weight is 251 g/mol. The van der Waals surface area contributed by atoms with Crippen LogP contribution in [0.15, 0.2) is 0 Å². The monoisotopic (exact) mass is 251 g/mol. The van der Waals surface area contributed by atoms with E-state index in [0.29, 0.717) is 12.6 Å². The highest BCUT2D eigenvalue weighted by molar-refractivity contribution is 6.07. The predicted molar refractivity (Wildman–Crippen MR) is 67.1 cm³/mol. The summed E-state index contributed by atoms with van der Waals surface area (Å²) in [4.78, 5) is 25.6. The number of nitrogens with one attached hydrogen (secondary N) is 2. The van der Waals surface area contributed by atoms with Crippen LogP contribution < -0.4 is 10.6 Å². The van der Waals surface area contributed by atoms with E-state index < -0.39 is 5.54 Å². The van der Waals surface area contributed by atoms with Gasteiger partial charge in [0.15, 0.2) is 0 Å². The lowest BCUT2D eigenvalue weighted by atomic mass is 9.98. The molecule has 5 heteroatoms. The van der Waals surface area contributed by atoms with Crippen molar-refractivity contribution in [2.45, 2.75) is 56.5 Å². The second-order valence-corrected chi connectivity index (χ2v) is 5.76. The van der Waals surface area contributed by atoms with Crippen LogP contribution in [-0.4, -0.2) is 41.5 Å². The van der Waals surface area contributed by atoms with Gasteiger partial charge < -0.3 is 10.6 Å². The maximum Gasteiger partial charge on any atom is 0.325 e.